The first kappa shape index (κ1) is 50.7. The highest BCUT2D eigenvalue weighted by Crippen LogP contribution is 2.50. The molecule has 12 aromatic rings. The third kappa shape index (κ3) is 8.41. The van der Waals surface area contributed by atoms with Gasteiger partial charge in [0.1, 0.15) is 0 Å². The second-order valence-corrected chi connectivity index (χ2v) is 27.2. The van der Waals surface area contributed by atoms with E-state index in [2.05, 4.69) is 293 Å². The predicted octanol–water partition coefficient (Wildman–Crippen LogP) is 18.8. The van der Waals surface area contributed by atoms with E-state index in [0.717, 1.165) is 50.5 Å². The van der Waals surface area contributed by atoms with Gasteiger partial charge in [0.25, 0.3) is 6.71 Å². The van der Waals surface area contributed by atoms with E-state index in [1.54, 1.807) is 0 Å². The summed E-state index contributed by atoms with van der Waals surface area (Å²) in [6.45, 7) is 28.1. The Balaban J connectivity index is 1.20. The third-order valence-corrected chi connectivity index (χ3v) is 17.5. The standard InChI is InChI=1S/C76H69BN4/c1-73(2,3)52-38-53(74(4,5)6)41-56(40-52)80-66-44-61-49(32-30-46-22-16-18-26-58(46)61)34-63(66)77-64-35-50-33-31-47-23-17-19-27-59(47)62(50)45-67(64)81(57-42-54(75(7,8)9)39-55(43-57)76(10,11)12)69-37-51(36-68(80)70(69)77)71-60-28-20-21-29-65(60)78-72(79-71)48-24-14-13-15-25-48/h13-45H,1-12H3. The minimum atomic E-state index is -0.143. The largest absolute Gasteiger partial charge is 0.311 e. The van der Waals surface area contributed by atoms with Gasteiger partial charge in [-0.15, -0.1) is 0 Å². The molecule has 0 atom stereocenters. The Morgan fingerprint density at radius 2 is 0.728 bits per heavy atom. The van der Waals surface area contributed by atoms with E-state index in [-0.39, 0.29) is 28.4 Å². The molecule has 0 spiro atoms. The van der Waals surface area contributed by atoms with Crippen molar-refractivity contribution in [3.05, 3.63) is 222 Å². The van der Waals surface area contributed by atoms with Crippen molar-refractivity contribution in [2.75, 3.05) is 9.80 Å². The lowest BCUT2D eigenvalue weighted by atomic mass is 9.33. The van der Waals surface area contributed by atoms with Crippen molar-refractivity contribution in [2.24, 2.45) is 0 Å². The van der Waals surface area contributed by atoms with E-state index in [1.807, 2.05) is 0 Å². The zero-order chi connectivity index (χ0) is 56.1. The molecular formula is C76H69BN4. The molecule has 0 saturated carbocycles. The van der Waals surface area contributed by atoms with Crippen LogP contribution in [0.15, 0.2) is 200 Å². The third-order valence-electron chi connectivity index (χ3n) is 17.5. The quantitative estimate of drug-likeness (QED) is 0.130. The van der Waals surface area contributed by atoms with Gasteiger partial charge in [-0.3, -0.25) is 0 Å². The van der Waals surface area contributed by atoms with E-state index >= 15 is 0 Å². The monoisotopic (exact) mass is 1050 g/mol. The van der Waals surface area contributed by atoms with Crippen LogP contribution in [-0.4, -0.2) is 16.7 Å². The van der Waals surface area contributed by atoms with Crippen LogP contribution in [0.25, 0.3) is 76.6 Å². The van der Waals surface area contributed by atoms with Crippen molar-refractivity contribution in [3.63, 3.8) is 0 Å². The number of hydrogen-bond donors (Lipinski definition) is 0. The summed E-state index contributed by atoms with van der Waals surface area (Å²) in [7, 11) is 0. The van der Waals surface area contributed by atoms with Crippen LogP contribution < -0.4 is 26.2 Å². The number of para-hydroxylation sites is 1. The number of hydrogen-bond acceptors (Lipinski definition) is 4. The molecule has 3 heterocycles. The molecule has 0 aliphatic carbocycles. The van der Waals surface area contributed by atoms with Crippen LogP contribution in [0, 0.1) is 0 Å². The average Bonchev–Trinajstić information content (AvgIpc) is 3.63. The molecule has 11 aromatic carbocycles. The SMILES string of the molecule is CC(C)(C)c1cc(N2c3cc4c(ccc5ccccc54)cc3B3c4cc5ccc6ccccc6c5cc4N(c4cc(C(C)(C)C)cc(C(C)(C)C)c4)c4cc(-c5nc(-c6ccccc6)nc6ccccc56)cc2c43)cc(C(C)(C)C)c1. The second kappa shape index (κ2) is 18.0. The van der Waals surface area contributed by atoms with Crippen LogP contribution in [0.4, 0.5) is 34.1 Å². The number of rotatable bonds is 4. The average molecular weight is 1050 g/mol. The van der Waals surface area contributed by atoms with Gasteiger partial charge in [0.2, 0.25) is 0 Å². The Morgan fingerprint density at radius 1 is 0.321 bits per heavy atom. The first-order valence-electron chi connectivity index (χ1n) is 29.0. The summed E-state index contributed by atoms with van der Waals surface area (Å²) in [6, 6.07) is 76.0. The van der Waals surface area contributed by atoms with E-state index < -0.39 is 0 Å². The number of aromatic nitrogens is 2. The summed E-state index contributed by atoms with van der Waals surface area (Å²) in [4.78, 5) is 16.2. The number of nitrogens with zero attached hydrogens (tertiary/aromatic N) is 4. The Bertz CT molecular complexity index is 4290. The summed E-state index contributed by atoms with van der Waals surface area (Å²) in [5.41, 5.74) is 19.3. The number of fused-ring (bicyclic) bond motifs is 11. The Kier molecular flexibility index (Phi) is 11.3. The van der Waals surface area contributed by atoms with Crippen molar-refractivity contribution in [2.45, 2.75) is 105 Å². The molecule has 0 fully saturated rings. The van der Waals surface area contributed by atoms with Crippen LogP contribution in [0.3, 0.4) is 0 Å². The van der Waals surface area contributed by atoms with Gasteiger partial charge in [-0.2, -0.15) is 0 Å². The molecule has 2 aliphatic heterocycles. The lowest BCUT2D eigenvalue weighted by Gasteiger charge is -2.45. The molecule has 0 radical (unpaired) electrons. The topological polar surface area (TPSA) is 32.3 Å². The Hall–Kier alpha value is -8.54. The molecule has 0 N–H and O–H groups in total. The van der Waals surface area contributed by atoms with E-state index in [1.165, 1.54) is 93.1 Å². The van der Waals surface area contributed by atoms with Gasteiger partial charge in [-0.1, -0.05) is 229 Å². The molecule has 5 heteroatoms. The summed E-state index contributed by atoms with van der Waals surface area (Å²) in [5, 5.41) is 10.9. The Labute approximate surface area is 478 Å². The number of anilines is 6. The molecule has 0 unspecified atom stereocenters. The fourth-order valence-corrected chi connectivity index (χ4v) is 12.9. The molecule has 396 valence electrons. The Morgan fingerprint density at radius 3 is 1.19 bits per heavy atom. The van der Waals surface area contributed by atoms with Gasteiger partial charge in [0.05, 0.1) is 11.2 Å². The normalized spacial score (nSPS) is 13.6. The van der Waals surface area contributed by atoms with Crippen LogP contribution in [0.5, 0.6) is 0 Å². The van der Waals surface area contributed by atoms with E-state index in [0.29, 0.717) is 5.82 Å². The minimum absolute atomic E-state index is 0.129. The summed E-state index contributed by atoms with van der Waals surface area (Å²) in [5.74, 6) is 0.704. The van der Waals surface area contributed by atoms with Crippen LogP contribution in [-0.2, 0) is 21.7 Å². The van der Waals surface area contributed by atoms with Crippen LogP contribution in [0.1, 0.15) is 105 Å². The molecule has 4 nitrogen and oxygen atoms in total. The first-order valence-corrected chi connectivity index (χ1v) is 29.0. The molecule has 0 saturated heterocycles. The van der Waals surface area contributed by atoms with E-state index in [4.69, 9.17) is 9.97 Å². The highest BCUT2D eigenvalue weighted by molar-refractivity contribution is 7.00. The summed E-state index contributed by atoms with van der Waals surface area (Å²) in [6.07, 6.45) is 0. The molecule has 81 heavy (non-hydrogen) atoms. The van der Waals surface area contributed by atoms with Gasteiger partial charge in [-0.05, 0) is 158 Å². The summed E-state index contributed by atoms with van der Waals surface area (Å²) >= 11 is 0. The smallest absolute Gasteiger partial charge is 0.252 e. The molecule has 0 amide bonds. The minimum Gasteiger partial charge on any atom is -0.311 e. The predicted molar refractivity (Wildman–Crippen MR) is 349 cm³/mol. The fraction of sp³-hybridized carbons (Fsp3) is 0.211. The van der Waals surface area contributed by atoms with Crippen molar-refractivity contribution in [3.8, 4) is 22.6 Å². The lowest BCUT2D eigenvalue weighted by molar-refractivity contribution is 0.568. The zero-order valence-corrected chi connectivity index (χ0v) is 48.9. The fourth-order valence-electron chi connectivity index (χ4n) is 12.9. The summed E-state index contributed by atoms with van der Waals surface area (Å²) < 4.78 is 0. The highest BCUT2D eigenvalue weighted by atomic mass is 15.2. The van der Waals surface area contributed by atoms with Crippen LogP contribution >= 0.6 is 0 Å². The van der Waals surface area contributed by atoms with Gasteiger partial charge >= 0.3 is 0 Å². The molecule has 2 aliphatic rings. The zero-order valence-electron chi connectivity index (χ0n) is 48.9. The molecule has 14 rings (SSSR count). The molecule has 1 aromatic heterocycles. The van der Waals surface area contributed by atoms with Crippen molar-refractivity contribution in [1.29, 1.82) is 0 Å². The lowest BCUT2D eigenvalue weighted by Crippen LogP contribution is -2.61. The molecule has 0 bridgehead atoms. The van der Waals surface area contributed by atoms with Crippen molar-refractivity contribution in [1.82, 2.24) is 9.97 Å². The maximum atomic E-state index is 5.67. The second-order valence-electron chi connectivity index (χ2n) is 27.2. The van der Waals surface area contributed by atoms with Gasteiger partial charge in [0.15, 0.2) is 5.82 Å². The van der Waals surface area contributed by atoms with Gasteiger partial charge in [0, 0.05) is 50.6 Å². The number of benzene rings is 11. The van der Waals surface area contributed by atoms with Gasteiger partial charge in [-0.25, -0.2) is 9.97 Å². The maximum absolute atomic E-state index is 5.67. The van der Waals surface area contributed by atoms with Gasteiger partial charge < -0.3 is 9.80 Å². The van der Waals surface area contributed by atoms with Crippen molar-refractivity contribution >= 4 is 111 Å². The molecular weight excluding hydrogens is 980 g/mol. The van der Waals surface area contributed by atoms with Crippen LogP contribution in [0.2, 0.25) is 0 Å². The van der Waals surface area contributed by atoms with E-state index in [9.17, 15) is 0 Å². The first-order chi connectivity index (χ1) is 38.7. The maximum Gasteiger partial charge on any atom is 0.252 e. The van der Waals surface area contributed by atoms with Crippen molar-refractivity contribution < 1.29 is 0 Å². The highest BCUT2D eigenvalue weighted by Gasteiger charge is 2.45.